The van der Waals surface area contributed by atoms with Crippen LogP contribution in [0, 0.1) is 0 Å². The van der Waals surface area contributed by atoms with Crippen LogP contribution in [0.5, 0.6) is 0 Å². The van der Waals surface area contributed by atoms with Crippen molar-refractivity contribution in [1.82, 2.24) is 4.57 Å². The number of hydrogen-bond acceptors (Lipinski definition) is 3. The second kappa shape index (κ2) is 4.95. The topological polar surface area (TPSA) is 65.1 Å². The van der Waals surface area contributed by atoms with E-state index in [0.29, 0.717) is 18.0 Å². The van der Waals surface area contributed by atoms with Crippen molar-refractivity contribution in [3.8, 4) is 0 Å². The number of aryl methyl sites for hydroxylation is 1. The molecule has 0 aliphatic rings. The first-order valence-corrected chi connectivity index (χ1v) is 6.08. The van der Waals surface area contributed by atoms with Crippen LogP contribution in [0.1, 0.15) is 6.42 Å². The van der Waals surface area contributed by atoms with E-state index in [4.69, 9.17) is 5.73 Å². The van der Waals surface area contributed by atoms with Crippen LogP contribution in [0.25, 0.3) is 0 Å². The van der Waals surface area contributed by atoms with E-state index in [1.54, 1.807) is 23.1 Å². The second-order valence-electron chi connectivity index (χ2n) is 3.12. The van der Waals surface area contributed by atoms with E-state index < -0.39 is 10.8 Å². The predicted octanol–water partition coefficient (Wildman–Crippen LogP) is 0.199. The van der Waals surface area contributed by atoms with Crippen molar-refractivity contribution in [2.45, 2.75) is 13.0 Å². The zero-order valence-corrected chi connectivity index (χ0v) is 8.92. The quantitative estimate of drug-likeness (QED) is 0.778. The molecule has 14 heavy (non-hydrogen) atoms. The van der Waals surface area contributed by atoms with Crippen molar-refractivity contribution in [1.29, 1.82) is 0 Å². The third kappa shape index (κ3) is 3.33. The third-order valence-corrected chi connectivity index (χ3v) is 2.71. The highest BCUT2D eigenvalue weighted by Gasteiger charge is 1.97. The average Bonchev–Trinajstić information content (AvgIpc) is 2.08. The van der Waals surface area contributed by atoms with Crippen molar-refractivity contribution in [2.75, 3.05) is 17.7 Å². The van der Waals surface area contributed by atoms with E-state index in [9.17, 15) is 9.00 Å². The maximum atomic E-state index is 11.3. The second-order valence-corrected chi connectivity index (χ2v) is 4.68. The summed E-state index contributed by atoms with van der Waals surface area (Å²) in [6.45, 7) is 0.596. The summed E-state index contributed by atoms with van der Waals surface area (Å²) in [7, 11) is -0.790. The number of anilines is 1. The molecule has 0 saturated carbocycles. The van der Waals surface area contributed by atoms with Crippen molar-refractivity contribution in [3.63, 3.8) is 0 Å². The van der Waals surface area contributed by atoms with Gasteiger partial charge in [-0.3, -0.25) is 9.00 Å². The molecule has 1 rings (SSSR count). The molecule has 0 aromatic carbocycles. The third-order valence-electron chi connectivity index (χ3n) is 1.85. The average molecular weight is 214 g/mol. The summed E-state index contributed by atoms with van der Waals surface area (Å²) in [5.74, 6) is 0.622. The summed E-state index contributed by atoms with van der Waals surface area (Å²) < 4.78 is 12.3. The van der Waals surface area contributed by atoms with Crippen LogP contribution >= 0.6 is 0 Å². The monoisotopic (exact) mass is 214 g/mol. The summed E-state index contributed by atoms with van der Waals surface area (Å²) in [5.41, 5.74) is 5.81. The molecule has 0 aliphatic carbocycles. The Hall–Kier alpha value is -1.10. The molecule has 2 N–H and O–H groups in total. The van der Waals surface area contributed by atoms with Crippen LogP contribution in [-0.2, 0) is 17.3 Å². The fourth-order valence-electron chi connectivity index (χ4n) is 1.15. The van der Waals surface area contributed by atoms with Gasteiger partial charge in [0.2, 0.25) is 0 Å². The molecule has 4 nitrogen and oxygen atoms in total. The van der Waals surface area contributed by atoms with Gasteiger partial charge >= 0.3 is 0 Å². The van der Waals surface area contributed by atoms with Crippen LogP contribution in [0.3, 0.4) is 0 Å². The Kier molecular flexibility index (Phi) is 3.88. The maximum Gasteiger partial charge on any atom is 0.252 e. The smallest absolute Gasteiger partial charge is 0.252 e. The molecular formula is C9H14N2O2S. The van der Waals surface area contributed by atoms with Crippen molar-refractivity contribution >= 4 is 16.5 Å². The lowest BCUT2D eigenvalue weighted by atomic mass is 10.4. The van der Waals surface area contributed by atoms with Crippen LogP contribution < -0.4 is 11.3 Å². The zero-order chi connectivity index (χ0) is 10.6. The van der Waals surface area contributed by atoms with Crippen LogP contribution in [0.4, 0.5) is 5.69 Å². The minimum absolute atomic E-state index is 0.105. The Bertz CT molecular complexity index is 387. The maximum absolute atomic E-state index is 11.3. The van der Waals surface area contributed by atoms with E-state index in [-0.39, 0.29) is 5.56 Å². The predicted molar refractivity (Wildman–Crippen MR) is 58.7 cm³/mol. The van der Waals surface area contributed by atoms with Gasteiger partial charge in [0.15, 0.2) is 0 Å². The number of nitrogens with two attached hydrogens (primary N) is 1. The van der Waals surface area contributed by atoms with Crippen LogP contribution in [0.15, 0.2) is 23.1 Å². The Morgan fingerprint density at radius 3 is 2.86 bits per heavy atom. The summed E-state index contributed by atoms with van der Waals surface area (Å²) in [5, 5.41) is 0. The Labute approximate surface area is 85.2 Å². The van der Waals surface area contributed by atoms with Crippen molar-refractivity contribution < 1.29 is 4.21 Å². The Morgan fingerprint density at radius 2 is 2.29 bits per heavy atom. The van der Waals surface area contributed by atoms with Gasteiger partial charge < -0.3 is 10.3 Å². The van der Waals surface area contributed by atoms with Gasteiger partial charge in [-0.25, -0.2) is 0 Å². The summed E-state index contributed by atoms with van der Waals surface area (Å²) in [6.07, 6.45) is 4.06. The fraction of sp³-hybridized carbons (Fsp3) is 0.444. The first kappa shape index (κ1) is 11.0. The highest BCUT2D eigenvalue weighted by molar-refractivity contribution is 7.84. The highest BCUT2D eigenvalue weighted by Crippen LogP contribution is 1.95. The lowest BCUT2D eigenvalue weighted by Gasteiger charge is -2.04. The number of nitrogen functional groups attached to an aromatic ring is 1. The molecule has 1 unspecified atom stereocenters. The largest absolute Gasteiger partial charge is 0.399 e. The molecule has 0 amide bonds. The molecule has 0 spiro atoms. The molecule has 0 bridgehead atoms. The molecule has 1 aromatic rings. The first-order chi connectivity index (χ1) is 6.59. The molecule has 78 valence electrons. The minimum atomic E-state index is -0.790. The fourth-order valence-corrected chi connectivity index (χ4v) is 1.68. The first-order valence-electron chi connectivity index (χ1n) is 4.35. The number of rotatable bonds is 4. The lowest BCUT2D eigenvalue weighted by molar-refractivity contribution is 0.646. The summed E-state index contributed by atoms with van der Waals surface area (Å²) >= 11 is 0. The van der Waals surface area contributed by atoms with E-state index in [2.05, 4.69) is 0 Å². The molecular weight excluding hydrogens is 200 g/mol. The van der Waals surface area contributed by atoms with E-state index in [1.807, 2.05) is 0 Å². The van der Waals surface area contributed by atoms with Gasteiger partial charge in [0.25, 0.3) is 5.56 Å². The van der Waals surface area contributed by atoms with E-state index >= 15 is 0 Å². The normalized spacial score (nSPS) is 12.6. The van der Waals surface area contributed by atoms with Crippen LogP contribution in [-0.4, -0.2) is 20.8 Å². The van der Waals surface area contributed by atoms with Gasteiger partial charge in [-0.15, -0.1) is 0 Å². The molecule has 0 saturated heterocycles. The molecule has 1 aromatic heterocycles. The SMILES string of the molecule is CS(=O)CCCn1ccc(N)cc1=O. The highest BCUT2D eigenvalue weighted by atomic mass is 32.2. The zero-order valence-electron chi connectivity index (χ0n) is 8.10. The lowest BCUT2D eigenvalue weighted by Crippen LogP contribution is -2.19. The molecule has 1 heterocycles. The standard InChI is InChI=1S/C9H14N2O2S/c1-14(13)6-2-4-11-5-3-8(10)7-9(11)12/h3,5,7H,2,4,6,10H2,1H3. The van der Waals surface area contributed by atoms with Gasteiger partial charge in [0.1, 0.15) is 0 Å². The van der Waals surface area contributed by atoms with Gasteiger partial charge in [0, 0.05) is 47.3 Å². The summed E-state index contributed by atoms with van der Waals surface area (Å²) in [4.78, 5) is 11.3. The number of hydrogen-bond donors (Lipinski definition) is 1. The molecule has 0 fully saturated rings. The molecule has 0 radical (unpaired) electrons. The minimum Gasteiger partial charge on any atom is -0.399 e. The van der Waals surface area contributed by atoms with E-state index in [1.165, 1.54) is 6.07 Å². The number of aromatic nitrogens is 1. The van der Waals surface area contributed by atoms with E-state index in [0.717, 1.165) is 6.42 Å². The van der Waals surface area contributed by atoms with Gasteiger partial charge in [0.05, 0.1) is 0 Å². The van der Waals surface area contributed by atoms with Gasteiger partial charge in [-0.1, -0.05) is 0 Å². The van der Waals surface area contributed by atoms with Gasteiger partial charge in [-0.2, -0.15) is 0 Å². The number of nitrogens with zero attached hydrogens (tertiary/aromatic N) is 1. The summed E-state index contributed by atoms with van der Waals surface area (Å²) in [6, 6.07) is 3.08. The van der Waals surface area contributed by atoms with Crippen molar-refractivity contribution in [3.05, 3.63) is 28.7 Å². The molecule has 0 aliphatic heterocycles. The molecule has 1 atom stereocenters. The molecule has 5 heteroatoms. The van der Waals surface area contributed by atoms with Gasteiger partial charge in [-0.05, 0) is 12.5 Å². The number of pyridine rings is 1. The van der Waals surface area contributed by atoms with Crippen molar-refractivity contribution in [2.24, 2.45) is 0 Å². The Morgan fingerprint density at radius 1 is 1.57 bits per heavy atom. The van der Waals surface area contributed by atoms with Crippen LogP contribution in [0.2, 0.25) is 0 Å². The Balaban J connectivity index is 2.59.